The van der Waals surface area contributed by atoms with Crippen molar-refractivity contribution in [3.63, 3.8) is 0 Å². The number of aryl methyl sites for hydroxylation is 2. The van der Waals surface area contributed by atoms with Gasteiger partial charge in [-0.15, -0.1) is 5.10 Å². The number of hydrogen-bond acceptors (Lipinski definition) is 7. The van der Waals surface area contributed by atoms with Gasteiger partial charge in [0.25, 0.3) is 0 Å². The highest BCUT2D eigenvalue weighted by Crippen LogP contribution is 2.19. The maximum atomic E-state index is 11.7. The zero-order valence-electron chi connectivity index (χ0n) is 13.1. The number of methoxy groups -OCH3 is 1. The number of amides is 1. The Labute approximate surface area is 137 Å². The number of ether oxygens (including phenoxy) is 1. The Bertz CT molecular complexity index is 716. The molecule has 0 saturated heterocycles. The van der Waals surface area contributed by atoms with Crippen LogP contribution in [-0.4, -0.2) is 51.5 Å². The molecule has 1 N–H and O–H groups in total. The quantitative estimate of drug-likeness (QED) is 0.611. The van der Waals surface area contributed by atoms with E-state index in [1.165, 1.54) is 24.4 Å². The summed E-state index contributed by atoms with van der Waals surface area (Å²) in [6.45, 7) is 3.88. The van der Waals surface area contributed by atoms with Gasteiger partial charge in [0.15, 0.2) is 0 Å². The maximum absolute atomic E-state index is 11.7. The van der Waals surface area contributed by atoms with Crippen molar-refractivity contribution < 1.29 is 14.3 Å². The van der Waals surface area contributed by atoms with E-state index in [-0.39, 0.29) is 18.2 Å². The molecule has 8 nitrogen and oxygen atoms in total. The minimum absolute atomic E-state index is 0.0994. The van der Waals surface area contributed by atoms with E-state index in [4.69, 9.17) is 0 Å². The Hall–Kier alpha value is -2.42. The van der Waals surface area contributed by atoms with E-state index in [1.807, 2.05) is 32.0 Å². The molecule has 0 unspecified atom stereocenters. The number of carbonyl (C=O) groups excluding carboxylic acids is 2. The predicted molar refractivity (Wildman–Crippen MR) is 84.4 cm³/mol. The van der Waals surface area contributed by atoms with Crippen molar-refractivity contribution >= 4 is 23.6 Å². The van der Waals surface area contributed by atoms with Gasteiger partial charge in [0.2, 0.25) is 11.1 Å². The first-order valence-corrected chi connectivity index (χ1v) is 7.82. The summed E-state index contributed by atoms with van der Waals surface area (Å²) in [5, 5.41) is 14.5. The number of hydrogen-bond donors (Lipinski definition) is 1. The third-order valence-corrected chi connectivity index (χ3v) is 4.09. The van der Waals surface area contributed by atoms with Gasteiger partial charge in [0.1, 0.15) is 6.54 Å². The molecule has 2 aromatic rings. The molecular formula is C14H17N5O3S. The summed E-state index contributed by atoms with van der Waals surface area (Å²) in [4.78, 5) is 22.7. The molecular weight excluding hydrogens is 318 g/mol. The van der Waals surface area contributed by atoms with Crippen molar-refractivity contribution in [1.29, 1.82) is 0 Å². The fourth-order valence-corrected chi connectivity index (χ4v) is 2.43. The van der Waals surface area contributed by atoms with Crippen LogP contribution in [0.15, 0.2) is 23.4 Å². The molecule has 0 aliphatic rings. The summed E-state index contributed by atoms with van der Waals surface area (Å²) in [7, 11) is 1.26. The van der Waals surface area contributed by atoms with Gasteiger partial charge in [0.05, 0.1) is 18.6 Å². The lowest BCUT2D eigenvalue weighted by atomic mass is 10.1. The summed E-state index contributed by atoms with van der Waals surface area (Å²) in [5.41, 5.74) is 3.14. The molecule has 0 aliphatic carbocycles. The van der Waals surface area contributed by atoms with Gasteiger partial charge in [-0.1, -0.05) is 17.8 Å². The molecule has 1 heterocycles. The van der Waals surface area contributed by atoms with Crippen LogP contribution in [0.5, 0.6) is 0 Å². The highest BCUT2D eigenvalue weighted by atomic mass is 32.2. The van der Waals surface area contributed by atoms with E-state index in [9.17, 15) is 9.59 Å². The second-order valence-corrected chi connectivity index (χ2v) is 5.73. The van der Waals surface area contributed by atoms with Crippen LogP contribution in [0.25, 0.3) is 5.69 Å². The highest BCUT2D eigenvalue weighted by molar-refractivity contribution is 7.99. The van der Waals surface area contributed by atoms with Crippen molar-refractivity contribution in [3.05, 3.63) is 29.3 Å². The molecule has 1 aromatic heterocycles. The van der Waals surface area contributed by atoms with Crippen LogP contribution in [0.3, 0.4) is 0 Å². The van der Waals surface area contributed by atoms with Gasteiger partial charge >= 0.3 is 5.97 Å². The van der Waals surface area contributed by atoms with Crippen LogP contribution < -0.4 is 5.32 Å². The van der Waals surface area contributed by atoms with Crippen LogP contribution >= 0.6 is 11.8 Å². The van der Waals surface area contributed by atoms with E-state index >= 15 is 0 Å². The fraction of sp³-hybridized carbons (Fsp3) is 0.357. The average Bonchev–Trinajstić information content (AvgIpc) is 3.01. The number of thioether (sulfide) groups is 1. The molecule has 0 saturated carbocycles. The summed E-state index contributed by atoms with van der Waals surface area (Å²) >= 11 is 1.19. The summed E-state index contributed by atoms with van der Waals surface area (Å²) in [6, 6.07) is 5.89. The summed E-state index contributed by atoms with van der Waals surface area (Å²) in [5.74, 6) is -0.694. The number of aromatic nitrogens is 4. The Morgan fingerprint density at radius 3 is 2.78 bits per heavy atom. The fourth-order valence-electron chi connectivity index (χ4n) is 1.71. The topological polar surface area (TPSA) is 99.0 Å². The zero-order chi connectivity index (χ0) is 16.8. The average molecular weight is 335 g/mol. The normalized spacial score (nSPS) is 10.4. The van der Waals surface area contributed by atoms with E-state index in [2.05, 4.69) is 25.6 Å². The van der Waals surface area contributed by atoms with Crippen LogP contribution in [-0.2, 0) is 14.3 Å². The second-order valence-electron chi connectivity index (χ2n) is 4.78. The van der Waals surface area contributed by atoms with Crippen LogP contribution in [0.4, 0.5) is 0 Å². The van der Waals surface area contributed by atoms with Crippen LogP contribution in [0.1, 0.15) is 11.1 Å². The van der Waals surface area contributed by atoms with Crippen molar-refractivity contribution in [2.24, 2.45) is 0 Å². The number of benzene rings is 1. The number of tetrazole rings is 1. The standard InChI is InChI=1S/C14H17N5O3S/c1-9-4-5-11(6-10(9)2)19-14(16-17-18-19)23-8-12(20)15-7-13(21)22-3/h4-6H,7-8H2,1-3H3,(H,15,20). The predicted octanol–water partition coefficient (Wildman–Crippen LogP) is 0.660. The van der Waals surface area contributed by atoms with E-state index in [1.54, 1.807) is 4.68 Å². The van der Waals surface area contributed by atoms with Gasteiger partial charge in [0, 0.05) is 0 Å². The molecule has 122 valence electrons. The molecule has 9 heteroatoms. The molecule has 1 aromatic carbocycles. The van der Waals surface area contributed by atoms with E-state index < -0.39 is 5.97 Å². The molecule has 0 fully saturated rings. The maximum Gasteiger partial charge on any atom is 0.325 e. The summed E-state index contributed by atoms with van der Waals surface area (Å²) in [6.07, 6.45) is 0. The van der Waals surface area contributed by atoms with E-state index in [0.717, 1.165) is 11.3 Å². The largest absolute Gasteiger partial charge is 0.468 e. The molecule has 1 amide bonds. The number of nitrogens with one attached hydrogen (secondary N) is 1. The monoisotopic (exact) mass is 335 g/mol. The molecule has 0 radical (unpaired) electrons. The Balaban J connectivity index is 2.00. The number of esters is 1. The van der Waals surface area contributed by atoms with Crippen molar-refractivity contribution in [3.8, 4) is 5.69 Å². The lowest BCUT2D eigenvalue weighted by Crippen LogP contribution is -2.31. The Morgan fingerprint density at radius 2 is 2.09 bits per heavy atom. The smallest absolute Gasteiger partial charge is 0.325 e. The van der Waals surface area contributed by atoms with Gasteiger partial charge in [-0.3, -0.25) is 9.59 Å². The number of rotatable bonds is 6. The SMILES string of the molecule is COC(=O)CNC(=O)CSc1nnnn1-c1ccc(C)c(C)c1. The first-order chi connectivity index (χ1) is 11.0. The van der Waals surface area contributed by atoms with Gasteiger partial charge in [-0.05, 0) is 47.5 Å². The van der Waals surface area contributed by atoms with Crippen LogP contribution in [0.2, 0.25) is 0 Å². The Morgan fingerprint density at radius 1 is 1.30 bits per heavy atom. The second kappa shape index (κ2) is 7.73. The lowest BCUT2D eigenvalue weighted by molar-refractivity contribution is -0.140. The molecule has 2 rings (SSSR count). The van der Waals surface area contributed by atoms with Gasteiger partial charge in [-0.25, -0.2) is 0 Å². The number of carbonyl (C=O) groups is 2. The first kappa shape index (κ1) is 16.9. The lowest BCUT2D eigenvalue weighted by Gasteiger charge is -2.07. The van der Waals surface area contributed by atoms with Crippen molar-refractivity contribution in [2.45, 2.75) is 19.0 Å². The van der Waals surface area contributed by atoms with E-state index in [0.29, 0.717) is 5.16 Å². The third kappa shape index (κ3) is 4.52. The van der Waals surface area contributed by atoms with Crippen molar-refractivity contribution in [1.82, 2.24) is 25.5 Å². The molecule has 0 bridgehead atoms. The molecule has 0 aliphatic heterocycles. The minimum atomic E-state index is -0.497. The molecule has 0 atom stereocenters. The highest BCUT2D eigenvalue weighted by Gasteiger charge is 2.12. The molecule has 23 heavy (non-hydrogen) atoms. The summed E-state index contributed by atoms with van der Waals surface area (Å²) < 4.78 is 6.03. The van der Waals surface area contributed by atoms with Gasteiger partial charge < -0.3 is 10.1 Å². The van der Waals surface area contributed by atoms with Gasteiger partial charge in [-0.2, -0.15) is 4.68 Å². The van der Waals surface area contributed by atoms with Crippen LogP contribution in [0, 0.1) is 13.8 Å². The first-order valence-electron chi connectivity index (χ1n) is 6.83. The zero-order valence-corrected chi connectivity index (χ0v) is 13.9. The minimum Gasteiger partial charge on any atom is -0.468 e. The number of nitrogens with zero attached hydrogens (tertiary/aromatic N) is 4. The third-order valence-electron chi connectivity index (χ3n) is 3.17. The molecule has 0 spiro atoms. The Kier molecular flexibility index (Phi) is 5.69. The van der Waals surface area contributed by atoms with Crippen molar-refractivity contribution in [2.75, 3.05) is 19.4 Å².